The first-order valence-electron chi connectivity index (χ1n) is 9.97. The molecule has 0 aliphatic rings. The molecule has 0 saturated heterocycles. The molecule has 0 saturated carbocycles. The number of anilines is 1. The number of carbonyl (C=O) groups is 1. The van der Waals surface area contributed by atoms with Crippen LogP contribution in [0.25, 0.3) is 11.4 Å². The first-order valence-corrected chi connectivity index (χ1v) is 10.8. The molecule has 6 nitrogen and oxygen atoms in total. The number of halogens is 3. The number of amides is 1. The number of nitrogens with zero attached hydrogens (tertiary/aromatic N) is 3. The van der Waals surface area contributed by atoms with Crippen molar-refractivity contribution in [3.63, 3.8) is 0 Å². The van der Waals surface area contributed by atoms with Crippen LogP contribution in [0.5, 0.6) is 0 Å². The highest BCUT2D eigenvalue weighted by molar-refractivity contribution is 8.00. The van der Waals surface area contributed by atoms with E-state index in [1.807, 2.05) is 41.0 Å². The van der Waals surface area contributed by atoms with Crippen LogP contribution in [0.15, 0.2) is 82.6 Å². The molecule has 1 amide bonds. The van der Waals surface area contributed by atoms with Crippen LogP contribution < -0.4 is 5.32 Å². The van der Waals surface area contributed by atoms with Crippen molar-refractivity contribution < 1.29 is 22.4 Å². The summed E-state index contributed by atoms with van der Waals surface area (Å²) in [6.07, 6.45) is -2.92. The minimum Gasteiger partial charge on any atom is -0.467 e. The van der Waals surface area contributed by atoms with Crippen molar-refractivity contribution in [2.45, 2.75) is 30.1 Å². The molecule has 0 fully saturated rings. The topological polar surface area (TPSA) is 73.0 Å². The molecule has 2 aromatic carbocycles. The standard InChI is InChI=1S/C23H19F3N4O2S/c1-15(21(31)27-18-10-5-9-17(13-18)23(24,25)26)33-22-29-28-20(16-7-3-2-4-8-16)30(22)14-19-11-6-12-32-19/h2-13,15H,14H2,1H3,(H,27,31). The van der Waals surface area contributed by atoms with Crippen LogP contribution in [0.2, 0.25) is 0 Å². The van der Waals surface area contributed by atoms with E-state index in [4.69, 9.17) is 4.42 Å². The molecule has 170 valence electrons. The predicted molar refractivity (Wildman–Crippen MR) is 119 cm³/mol. The molecule has 0 radical (unpaired) electrons. The maximum atomic E-state index is 13.0. The Morgan fingerprint density at radius 2 is 1.88 bits per heavy atom. The lowest BCUT2D eigenvalue weighted by Crippen LogP contribution is -2.23. The zero-order valence-electron chi connectivity index (χ0n) is 17.4. The van der Waals surface area contributed by atoms with Gasteiger partial charge in [-0.15, -0.1) is 10.2 Å². The van der Waals surface area contributed by atoms with E-state index in [-0.39, 0.29) is 5.69 Å². The Bertz CT molecular complexity index is 1220. The third-order valence-corrected chi connectivity index (χ3v) is 5.83. The van der Waals surface area contributed by atoms with Gasteiger partial charge < -0.3 is 9.73 Å². The molecule has 4 aromatic rings. The van der Waals surface area contributed by atoms with E-state index >= 15 is 0 Å². The van der Waals surface area contributed by atoms with E-state index in [1.54, 1.807) is 19.3 Å². The second-order valence-electron chi connectivity index (χ2n) is 7.17. The zero-order chi connectivity index (χ0) is 23.4. The summed E-state index contributed by atoms with van der Waals surface area (Å²) in [6, 6.07) is 17.6. The summed E-state index contributed by atoms with van der Waals surface area (Å²) in [6.45, 7) is 2.01. The minimum atomic E-state index is -4.49. The van der Waals surface area contributed by atoms with Gasteiger partial charge in [0.2, 0.25) is 5.91 Å². The van der Waals surface area contributed by atoms with Crippen molar-refractivity contribution in [2.75, 3.05) is 5.32 Å². The molecular formula is C23H19F3N4O2S. The lowest BCUT2D eigenvalue weighted by molar-refractivity contribution is -0.137. The number of aromatic nitrogens is 3. The molecule has 1 N–H and O–H groups in total. The lowest BCUT2D eigenvalue weighted by atomic mass is 10.2. The number of nitrogens with one attached hydrogen (secondary N) is 1. The van der Waals surface area contributed by atoms with Crippen LogP contribution in [0.3, 0.4) is 0 Å². The normalized spacial score (nSPS) is 12.5. The predicted octanol–water partition coefficient (Wildman–Crippen LogP) is 5.72. The number of alkyl halides is 3. The van der Waals surface area contributed by atoms with Gasteiger partial charge in [0, 0.05) is 11.3 Å². The van der Waals surface area contributed by atoms with Gasteiger partial charge in [-0.05, 0) is 37.3 Å². The van der Waals surface area contributed by atoms with E-state index in [1.165, 1.54) is 12.1 Å². The molecular weight excluding hydrogens is 453 g/mol. The fourth-order valence-corrected chi connectivity index (χ4v) is 3.95. The highest BCUT2D eigenvalue weighted by atomic mass is 32.2. The third kappa shape index (κ3) is 5.46. The van der Waals surface area contributed by atoms with E-state index in [0.29, 0.717) is 23.3 Å². The SMILES string of the molecule is CC(Sc1nnc(-c2ccccc2)n1Cc1ccco1)C(=O)Nc1cccc(C(F)(F)F)c1. The highest BCUT2D eigenvalue weighted by Crippen LogP contribution is 2.32. The Morgan fingerprint density at radius 3 is 2.58 bits per heavy atom. The van der Waals surface area contributed by atoms with E-state index in [2.05, 4.69) is 15.5 Å². The Labute approximate surface area is 191 Å². The summed E-state index contributed by atoms with van der Waals surface area (Å²) in [7, 11) is 0. The number of hydrogen-bond donors (Lipinski definition) is 1. The van der Waals surface area contributed by atoms with Crippen LogP contribution in [0, 0.1) is 0 Å². The molecule has 1 atom stereocenters. The van der Waals surface area contributed by atoms with Gasteiger partial charge in [0.05, 0.1) is 23.6 Å². The van der Waals surface area contributed by atoms with Crippen LogP contribution in [-0.2, 0) is 17.5 Å². The van der Waals surface area contributed by atoms with Crippen LogP contribution in [0.4, 0.5) is 18.9 Å². The quantitative estimate of drug-likeness (QED) is 0.348. The van der Waals surface area contributed by atoms with Gasteiger partial charge in [-0.3, -0.25) is 9.36 Å². The number of furan rings is 1. The number of carbonyl (C=O) groups excluding carboxylic acids is 1. The lowest BCUT2D eigenvalue weighted by Gasteiger charge is -2.14. The van der Waals surface area contributed by atoms with Crippen molar-refractivity contribution in [1.29, 1.82) is 0 Å². The Hall–Kier alpha value is -3.53. The molecule has 0 spiro atoms. The average Bonchev–Trinajstić information content (AvgIpc) is 3.45. The Balaban J connectivity index is 1.54. The fraction of sp³-hybridized carbons (Fsp3) is 0.174. The van der Waals surface area contributed by atoms with Gasteiger partial charge in [-0.25, -0.2) is 0 Å². The van der Waals surface area contributed by atoms with Crippen molar-refractivity contribution in [3.8, 4) is 11.4 Å². The van der Waals surface area contributed by atoms with Gasteiger partial charge in [0.25, 0.3) is 0 Å². The van der Waals surface area contributed by atoms with E-state index in [9.17, 15) is 18.0 Å². The maximum Gasteiger partial charge on any atom is 0.416 e. The fourth-order valence-electron chi connectivity index (χ4n) is 3.11. The van der Waals surface area contributed by atoms with E-state index in [0.717, 1.165) is 29.5 Å². The number of hydrogen-bond acceptors (Lipinski definition) is 5. The van der Waals surface area contributed by atoms with Crippen molar-refractivity contribution in [3.05, 3.63) is 84.3 Å². The minimum absolute atomic E-state index is 0.0734. The van der Waals surface area contributed by atoms with Gasteiger partial charge in [0.15, 0.2) is 11.0 Å². The molecule has 33 heavy (non-hydrogen) atoms. The largest absolute Gasteiger partial charge is 0.467 e. The first-order chi connectivity index (χ1) is 15.8. The molecule has 2 heterocycles. The molecule has 0 aliphatic heterocycles. The molecule has 1 unspecified atom stereocenters. The van der Waals surface area contributed by atoms with Crippen molar-refractivity contribution in [2.24, 2.45) is 0 Å². The molecule has 4 rings (SSSR count). The molecule has 2 aromatic heterocycles. The summed E-state index contributed by atoms with van der Waals surface area (Å²) in [5, 5.41) is 10.9. The Morgan fingerprint density at radius 1 is 1.09 bits per heavy atom. The summed E-state index contributed by atoms with van der Waals surface area (Å²) < 4.78 is 46.2. The summed E-state index contributed by atoms with van der Waals surface area (Å²) in [5.41, 5.74) is 0.0973. The highest BCUT2D eigenvalue weighted by Gasteiger charge is 2.30. The van der Waals surface area contributed by atoms with Gasteiger partial charge >= 0.3 is 6.18 Å². The van der Waals surface area contributed by atoms with Gasteiger partial charge in [-0.1, -0.05) is 48.2 Å². The molecule has 0 aliphatic carbocycles. The smallest absolute Gasteiger partial charge is 0.416 e. The second kappa shape index (κ2) is 9.53. The van der Waals surface area contributed by atoms with Crippen LogP contribution in [0.1, 0.15) is 18.2 Å². The Kier molecular flexibility index (Phi) is 6.55. The number of benzene rings is 2. The van der Waals surface area contributed by atoms with Gasteiger partial charge in [0.1, 0.15) is 5.76 Å². The summed E-state index contributed by atoms with van der Waals surface area (Å²) in [4.78, 5) is 12.7. The summed E-state index contributed by atoms with van der Waals surface area (Å²) in [5.74, 6) is 0.850. The monoisotopic (exact) mass is 472 g/mol. The van der Waals surface area contributed by atoms with Crippen molar-refractivity contribution in [1.82, 2.24) is 14.8 Å². The third-order valence-electron chi connectivity index (χ3n) is 4.75. The van der Waals surface area contributed by atoms with Crippen LogP contribution in [-0.4, -0.2) is 25.9 Å². The second-order valence-corrected chi connectivity index (χ2v) is 8.47. The number of rotatable bonds is 7. The molecule has 0 bridgehead atoms. The molecule has 10 heteroatoms. The van der Waals surface area contributed by atoms with Crippen LogP contribution >= 0.6 is 11.8 Å². The first kappa shape index (κ1) is 22.7. The van der Waals surface area contributed by atoms with E-state index < -0.39 is 22.9 Å². The number of thioether (sulfide) groups is 1. The zero-order valence-corrected chi connectivity index (χ0v) is 18.2. The van der Waals surface area contributed by atoms with Gasteiger partial charge in [-0.2, -0.15) is 13.2 Å². The average molecular weight is 472 g/mol. The van der Waals surface area contributed by atoms with Crippen molar-refractivity contribution >= 4 is 23.4 Å². The maximum absolute atomic E-state index is 13.0. The summed E-state index contributed by atoms with van der Waals surface area (Å²) >= 11 is 1.16.